The maximum atomic E-state index is 12.6. The molecule has 0 bridgehead atoms. The Balaban J connectivity index is 2.09. The van der Waals surface area contributed by atoms with Crippen LogP contribution in [0.25, 0.3) is 0 Å². The molecule has 0 saturated carbocycles. The third-order valence-electron chi connectivity index (χ3n) is 4.04. The zero-order valence-corrected chi connectivity index (χ0v) is 12.3. The molecular weight excluding hydrogens is 250 g/mol. The monoisotopic (exact) mass is 275 g/mol. The third kappa shape index (κ3) is 3.04. The molecule has 18 heavy (non-hydrogen) atoms. The van der Waals surface area contributed by atoms with Crippen LogP contribution in [-0.4, -0.2) is 67.7 Å². The third-order valence-corrected chi connectivity index (χ3v) is 6.20. The highest BCUT2D eigenvalue weighted by atomic mass is 32.2. The van der Waals surface area contributed by atoms with Gasteiger partial charge in [-0.1, -0.05) is 6.42 Å². The number of rotatable bonds is 2. The van der Waals surface area contributed by atoms with Crippen molar-refractivity contribution in [1.82, 2.24) is 13.5 Å². The minimum atomic E-state index is -3.24. The van der Waals surface area contributed by atoms with E-state index in [1.807, 2.05) is 6.92 Å². The Morgan fingerprint density at radius 1 is 0.944 bits per heavy atom. The summed E-state index contributed by atoms with van der Waals surface area (Å²) in [4.78, 5) is 2.20. The second-order valence-corrected chi connectivity index (χ2v) is 7.40. The van der Waals surface area contributed by atoms with Crippen LogP contribution in [0.4, 0.5) is 0 Å². The van der Waals surface area contributed by atoms with Crippen LogP contribution in [0.15, 0.2) is 0 Å². The zero-order chi connectivity index (χ0) is 13.2. The van der Waals surface area contributed by atoms with E-state index in [2.05, 4.69) is 11.9 Å². The summed E-state index contributed by atoms with van der Waals surface area (Å²) in [5.41, 5.74) is 0. The first kappa shape index (κ1) is 14.2. The fourth-order valence-electron chi connectivity index (χ4n) is 2.82. The van der Waals surface area contributed by atoms with E-state index in [1.54, 1.807) is 8.61 Å². The van der Waals surface area contributed by atoms with E-state index < -0.39 is 10.2 Å². The second-order valence-electron chi connectivity index (χ2n) is 5.52. The fourth-order valence-corrected chi connectivity index (χ4v) is 4.71. The summed E-state index contributed by atoms with van der Waals surface area (Å²) in [5, 5.41) is 0. The summed E-state index contributed by atoms with van der Waals surface area (Å²) in [6.07, 6.45) is 4.07. The first-order valence-corrected chi connectivity index (χ1v) is 8.37. The Kier molecular flexibility index (Phi) is 4.64. The molecule has 2 fully saturated rings. The van der Waals surface area contributed by atoms with Gasteiger partial charge in [-0.15, -0.1) is 0 Å². The summed E-state index contributed by atoms with van der Waals surface area (Å²) in [6, 6.07) is 0.157. The summed E-state index contributed by atoms with van der Waals surface area (Å²) < 4.78 is 28.7. The molecule has 0 aromatic rings. The quantitative estimate of drug-likeness (QED) is 0.747. The summed E-state index contributed by atoms with van der Waals surface area (Å²) in [6.45, 7) is 5.83. The molecule has 2 aliphatic heterocycles. The van der Waals surface area contributed by atoms with Crippen LogP contribution >= 0.6 is 0 Å². The topological polar surface area (TPSA) is 43.9 Å². The Morgan fingerprint density at radius 3 is 2.44 bits per heavy atom. The van der Waals surface area contributed by atoms with Crippen LogP contribution in [-0.2, 0) is 10.2 Å². The molecule has 2 aliphatic rings. The van der Waals surface area contributed by atoms with Gasteiger partial charge < -0.3 is 4.90 Å². The molecule has 1 atom stereocenters. The number of piperidine rings is 1. The lowest BCUT2D eigenvalue weighted by atomic mass is 10.1. The molecule has 106 valence electrons. The Labute approximate surface area is 111 Å². The van der Waals surface area contributed by atoms with E-state index in [0.717, 1.165) is 38.8 Å². The van der Waals surface area contributed by atoms with E-state index in [0.29, 0.717) is 19.6 Å². The molecule has 0 aromatic carbocycles. The summed E-state index contributed by atoms with van der Waals surface area (Å²) in [7, 11) is -1.19. The van der Waals surface area contributed by atoms with Gasteiger partial charge in [0, 0.05) is 32.2 Å². The lowest BCUT2D eigenvalue weighted by Gasteiger charge is -2.36. The predicted octanol–water partition coefficient (Wildman–Crippen LogP) is 0.743. The first-order valence-electron chi connectivity index (χ1n) is 6.97. The smallest absolute Gasteiger partial charge is 0.282 e. The van der Waals surface area contributed by atoms with Crippen molar-refractivity contribution in [3.63, 3.8) is 0 Å². The van der Waals surface area contributed by atoms with Crippen molar-refractivity contribution < 1.29 is 8.42 Å². The van der Waals surface area contributed by atoms with Crippen LogP contribution < -0.4 is 0 Å². The highest BCUT2D eigenvalue weighted by Gasteiger charge is 2.34. The van der Waals surface area contributed by atoms with Gasteiger partial charge in [0.2, 0.25) is 0 Å². The van der Waals surface area contributed by atoms with Gasteiger partial charge in [-0.05, 0) is 39.8 Å². The maximum Gasteiger partial charge on any atom is 0.282 e. The average molecular weight is 275 g/mol. The van der Waals surface area contributed by atoms with Gasteiger partial charge in [-0.3, -0.25) is 0 Å². The SMILES string of the molecule is CC1CCCCN1S(=O)(=O)N1CCCN(C)CC1. The summed E-state index contributed by atoms with van der Waals surface area (Å²) in [5.74, 6) is 0. The summed E-state index contributed by atoms with van der Waals surface area (Å²) >= 11 is 0. The highest BCUT2D eigenvalue weighted by molar-refractivity contribution is 7.86. The lowest BCUT2D eigenvalue weighted by Crippen LogP contribution is -2.50. The number of hydrogen-bond acceptors (Lipinski definition) is 3. The van der Waals surface area contributed by atoms with Crippen LogP contribution in [0.5, 0.6) is 0 Å². The van der Waals surface area contributed by atoms with Gasteiger partial charge in [-0.2, -0.15) is 17.0 Å². The molecule has 1 unspecified atom stereocenters. The predicted molar refractivity (Wildman–Crippen MR) is 72.6 cm³/mol. The van der Waals surface area contributed by atoms with Gasteiger partial charge >= 0.3 is 0 Å². The molecule has 0 amide bonds. The van der Waals surface area contributed by atoms with Crippen LogP contribution in [0, 0.1) is 0 Å². The minimum Gasteiger partial charge on any atom is -0.305 e. The Bertz CT molecular complexity index is 372. The van der Waals surface area contributed by atoms with Crippen molar-refractivity contribution in [2.24, 2.45) is 0 Å². The first-order chi connectivity index (χ1) is 8.51. The van der Waals surface area contributed by atoms with Gasteiger partial charge in [0.1, 0.15) is 0 Å². The molecule has 0 N–H and O–H groups in total. The second kappa shape index (κ2) is 5.86. The molecule has 0 aromatic heterocycles. The number of likely N-dealkylation sites (N-methyl/N-ethyl adjacent to an activating group) is 1. The van der Waals surface area contributed by atoms with Gasteiger partial charge in [0.05, 0.1) is 0 Å². The molecule has 0 spiro atoms. The van der Waals surface area contributed by atoms with Crippen molar-refractivity contribution in [2.75, 3.05) is 39.8 Å². The molecular formula is C12H25N3O2S. The molecule has 2 heterocycles. The normalized spacial score (nSPS) is 30.2. The van der Waals surface area contributed by atoms with E-state index in [4.69, 9.17) is 0 Å². The van der Waals surface area contributed by atoms with E-state index in [1.165, 1.54) is 0 Å². The molecule has 0 aliphatic carbocycles. The van der Waals surface area contributed by atoms with Crippen molar-refractivity contribution in [1.29, 1.82) is 0 Å². The van der Waals surface area contributed by atoms with Gasteiger partial charge in [0.25, 0.3) is 10.2 Å². The van der Waals surface area contributed by atoms with Crippen molar-refractivity contribution in [3.8, 4) is 0 Å². The van der Waals surface area contributed by atoms with E-state index in [9.17, 15) is 8.42 Å². The van der Waals surface area contributed by atoms with Crippen molar-refractivity contribution in [2.45, 2.75) is 38.6 Å². The van der Waals surface area contributed by atoms with Crippen LogP contribution in [0.3, 0.4) is 0 Å². The molecule has 0 radical (unpaired) electrons. The maximum absolute atomic E-state index is 12.6. The highest BCUT2D eigenvalue weighted by Crippen LogP contribution is 2.22. The molecule has 5 nitrogen and oxygen atoms in total. The Morgan fingerprint density at radius 2 is 1.72 bits per heavy atom. The van der Waals surface area contributed by atoms with Crippen molar-refractivity contribution in [3.05, 3.63) is 0 Å². The lowest BCUT2D eigenvalue weighted by molar-refractivity contribution is 0.244. The van der Waals surface area contributed by atoms with Crippen LogP contribution in [0.1, 0.15) is 32.6 Å². The molecule has 2 rings (SSSR count). The van der Waals surface area contributed by atoms with Crippen molar-refractivity contribution >= 4 is 10.2 Å². The average Bonchev–Trinajstić information content (AvgIpc) is 2.54. The number of hydrogen-bond donors (Lipinski definition) is 0. The van der Waals surface area contributed by atoms with Gasteiger partial charge in [-0.25, -0.2) is 0 Å². The van der Waals surface area contributed by atoms with E-state index in [-0.39, 0.29) is 6.04 Å². The fraction of sp³-hybridized carbons (Fsp3) is 1.00. The van der Waals surface area contributed by atoms with Crippen LogP contribution in [0.2, 0.25) is 0 Å². The largest absolute Gasteiger partial charge is 0.305 e. The molecule has 6 heteroatoms. The van der Waals surface area contributed by atoms with E-state index >= 15 is 0 Å². The number of nitrogens with zero attached hydrogens (tertiary/aromatic N) is 3. The molecule has 2 saturated heterocycles. The van der Waals surface area contributed by atoms with Gasteiger partial charge in [0.15, 0.2) is 0 Å². The minimum absolute atomic E-state index is 0.157. The Hall–Kier alpha value is -0.170. The standard InChI is InChI=1S/C12H25N3O2S/c1-12-6-3-4-9-15(12)18(16,17)14-8-5-7-13(2)10-11-14/h12H,3-11H2,1-2H3. The zero-order valence-electron chi connectivity index (χ0n) is 11.5.